The zero-order chi connectivity index (χ0) is 16.0. The van der Waals surface area contributed by atoms with Crippen LogP contribution in [0.2, 0.25) is 0 Å². The number of nitrogens with zero attached hydrogens (tertiary/aromatic N) is 5. The maximum Gasteiger partial charge on any atom is 0.194 e. The average molecular weight is 308 g/mol. The standard InChI is InChI=1S/C15H28N6O/c1-4-16-14(17-11-15(22)8-6-5-7-9-15)20(2)10-13-18-12-19-21(13)3/h12,22H,4-11H2,1-3H3,(H,16,17). The predicted molar refractivity (Wildman–Crippen MR) is 86.5 cm³/mol. The van der Waals surface area contributed by atoms with Crippen LogP contribution in [-0.2, 0) is 13.6 Å². The van der Waals surface area contributed by atoms with Crippen LogP contribution in [0.25, 0.3) is 0 Å². The maximum absolute atomic E-state index is 10.6. The van der Waals surface area contributed by atoms with Gasteiger partial charge in [0, 0.05) is 20.6 Å². The third-order valence-electron chi connectivity index (χ3n) is 4.19. The molecule has 1 aliphatic rings. The van der Waals surface area contributed by atoms with Crippen LogP contribution >= 0.6 is 0 Å². The second-order valence-corrected chi connectivity index (χ2v) is 6.11. The molecule has 0 amide bonds. The fraction of sp³-hybridized carbons (Fsp3) is 0.800. The molecule has 1 aromatic heterocycles. The summed E-state index contributed by atoms with van der Waals surface area (Å²) in [5, 5.41) is 18.0. The highest BCUT2D eigenvalue weighted by Gasteiger charge is 2.29. The Morgan fingerprint density at radius 2 is 2.18 bits per heavy atom. The molecule has 1 heterocycles. The van der Waals surface area contributed by atoms with E-state index in [0.717, 1.165) is 44.0 Å². The molecule has 1 aromatic rings. The average Bonchev–Trinajstić information content (AvgIpc) is 2.89. The zero-order valence-corrected chi connectivity index (χ0v) is 13.9. The highest BCUT2D eigenvalue weighted by Crippen LogP contribution is 2.28. The summed E-state index contributed by atoms with van der Waals surface area (Å²) in [5.74, 6) is 1.67. The number of rotatable bonds is 5. The first-order valence-corrected chi connectivity index (χ1v) is 8.09. The number of nitrogens with one attached hydrogen (secondary N) is 1. The molecule has 7 nitrogen and oxygen atoms in total. The lowest BCUT2D eigenvalue weighted by Crippen LogP contribution is -2.41. The Hall–Kier alpha value is -1.63. The molecule has 0 radical (unpaired) electrons. The monoisotopic (exact) mass is 308 g/mol. The second-order valence-electron chi connectivity index (χ2n) is 6.11. The van der Waals surface area contributed by atoms with Gasteiger partial charge in [-0.2, -0.15) is 5.10 Å². The first kappa shape index (κ1) is 16.7. The molecule has 22 heavy (non-hydrogen) atoms. The van der Waals surface area contributed by atoms with Gasteiger partial charge in [0.25, 0.3) is 0 Å². The van der Waals surface area contributed by atoms with Crippen molar-refractivity contribution in [3.8, 4) is 0 Å². The third kappa shape index (κ3) is 4.43. The number of hydrogen-bond acceptors (Lipinski definition) is 4. The quantitative estimate of drug-likeness (QED) is 0.624. The van der Waals surface area contributed by atoms with E-state index in [0.29, 0.717) is 13.1 Å². The smallest absolute Gasteiger partial charge is 0.194 e. The number of hydrogen-bond donors (Lipinski definition) is 2. The van der Waals surface area contributed by atoms with Gasteiger partial charge in [-0.25, -0.2) is 4.98 Å². The van der Waals surface area contributed by atoms with Crippen LogP contribution in [0, 0.1) is 0 Å². The van der Waals surface area contributed by atoms with Crippen molar-refractivity contribution in [1.82, 2.24) is 25.0 Å². The first-order valence-electron chi connectivity index (χ1n) is 8.09. The Balaban J connectivity index is 2.01. The molecule has 0 aromatic carbocycles. The normalized spacial score (nSPS) is 18.3. The van der Waals surface area contributed by atoms with E-state index in [1.807, 2.05) is 25.9 Å². The lowest BCUT2D eigenvalue weighted by molar-refractivity contribution is 0.0130. The SMILES string of the molecule is CCNC(=NCC1(O)CCCCC1)N(C)Cc1ncnn1C. The summed E-state index contributed by atoms with van der Waals surface area (Å²) in [7, 11) is 3.85. The number of aliphatic imine (C=N–C) groups is 1. The van der Waals surface area contributed by atoms with Crippen LogP contribution in [0.3, 0.4) is 0 Å². The van der Waals surface area contributed by atoms with Gasteiger partial charge in [0.2, 0.25) is 0 Å². The van der Waals surface area contributed by atoms with Gasteiger partial charge >= 0.3 is 0 Å². The molecular weight excluding hydrogens is 280 g/mol. The van der Waals surface area contributed by atoms with Gasteiger partial charge in [-0.1, -0.05) is 19.3 Å². The largest absolute Gasteiger partial charge is 0.388 e. The van der Waals surface area contributed by atoms with Crippen molar-refractivity contribution in [1.29, 1.82) is 0 Å². The second kappa shape index (κ2) is 7.58. The van der Waals surface area contributed by atoms with Crippen LogP contribution in [0.1, 0.15) is 44.9 Å². The summed E-state index contributed by atoms with van der Waals surface area (Å²) >= 11 is 0. The minimum Gasteiger partial charge on any atom is -0.388 e. The summed E-state index contributed by atoms with van der Waals surface area (Å²) < 4.78 is 1.76. The van der Waals surface area contributed by atoms with Gasteiger partial charge in [-0.05, 0) is 19.8 Å². The Bertz CT molecular complexity index is 492. The summed E-state index contributed by atoms with van der Waals surface area (Å²) in [6, 6.07) is 0. The van der Waals surface area contributed by atoms with E-state index in [1.54, 1.807) is 11.0 Å². The molecule has 2 N–H and O–H groups in total. The molecule has 2 rings (SSSR count). The molecule has 1 saturated carbocycles. The van der Waals surface area contributed by atoms with Gasteiger partial charge in [0.05, 0.1) is 18.7 Å². The number of aryl methyl sites for hydroxylation is 1. The lowest BCUT2D eigenvalue weighted by Gasteiger charge is -2.31. The summed E-state index contributed by atoms with van der Waals surface area (Å²) in [4.78, 5) is 10.9. The fourth-order valence-electron chi connectivity index (χ4n) is 2.81. The Morgan fingerprint density at radius 1 is 1.45 bits per heavy atom. The molecule has 7 heteroatoms. The van der Waals surface area contributed by atoms with E-state index in [4.69, 9.17) is 0 Å². The summed E-state index contributed by atoms with van der Waals surface area (Å²) in [6.45, 7) is 3.92. The predicted octanol–water partition coefficient (Wildman–Crippen LogP) is 0.908. The molecule has 0 aliphatic heterocycles. The molecule has 1 fully saturated rings. The molecular formula is C15H28N6O. The van der Waals surface area contributed by atoms with Gasteiger partial charge < -0.3 is 15.3 Å². The zero-order valence-electron chi connectivity index (χ0n) is 13.9. The topological polar surface area (TPSA) is 78.6 Å². The number of aromatic nitrogens is 3. The molecule has 124 valence electrons. The van der Waals surface area contributed by atoms with E-state index in [1.165, 1.54) is 6.42 Å². The maximum atomic E-state index is 10.6. The van der Waals surface area contributed by atoms with Crippen LogP contribution in [0.4, 0.5) is 0 Å². The van der Waals surface area contributed by atoms with Crippen LogP contribution in [-0.4, -0.2) is 56.5 Å². The van der Waals surface area contributed by atoms with Crippen molar-refractivity contribution >= 4 is 5.96 Å². The fourth-order valence-corrected chi connectivity index (χ4v) is 2.81. The van der Waals surface area contributed by atoms with Crippen molar-refractivity contribution in [2.75, 3.05) is 20.1 Å². The minimum atomic E-state index is -0.634. The van der Waals surface area contributed by atoms with Gasteiger partial charge in [0.1, 0.15) is 12.2 Å². The lowest BCUT2D eigenvalue weighted by atomic mass is 9.85. The van der Waals surface area contributed by atoms with E-state index in [2.05, 4.69) is 20.4 Å². The first-order chi connectivity index (χ1) is 10.5. The summed E-state index contributed by atoms with van der Waals surface area (Å²) in [5.41, 5.74) is -0.634. The number of guanidine groups is 1. The van der Waals surface area contributed by atoms with Crippen molar-refractivity contribution in [2.45, 2.75) is 51.2 Å². The number of aliphatic hydroxyl groups is 1. The molecule has 0 unspecified atom stereocenters. The molecule has 1 aliphatic carbocycles. The highest BCUT2D eigenvalue weighted by molar-refractivity contribution is 5.79. The molecule has 0 spiro atoms. The molecule has 0 atom stereocenters. The van der Waals surface area contributed by atoms with Crippen molar-refractivity contribution in [3.63, 3.8) is 0 Å². The van der Waals surface area contributed by atoms with Crippen LogP contribution in [0.15, 0.2) is 11.3 Å². The van der Waals surface area contributed by atoms with Crippen LogP contribution < -0.4 is 5.32 Å². The minimum absolute atomic E-state index is 0.457. The van der Waals surface area contributed by atoms with Crippen LogP contribution in [0.5, 0.6) is 0 Å². The summed E-state index contributed by atoms with van der Waals surface area (Å²) in [6.07, 6.45) is 6.66. The van der Waals surface area contributed by atoms with E-state index >= 15 is 0 Å². The Labute approximate surface area is 132 Å². The van der Waals surface area contributed by atoms with Crippen molar-refractivity contribution in [3.05, 3.63) is 12.2 Å². The van der Waals surface area contributed by atoms with E-state index < -0.39 is 5.60 Å². The van der Waals surface area contributed by atoms with Crippen molar-refractivity contribution in [2.24, 2.45) is 12.0 Å². The molecule has 0 saturated heterocycles. The van der Waals surface area contributed by atoms with E-state index in [9.17, 15) is 5.11 Å². The highest BCUT2D eigenvalue weighted by atomic mass is 16.3. The Morgan fingerprint density at radius 3 is 2.77 bits per heavy atom. The van der Waals surface area contributed by atoms with Gasteiger partial charge in [-0.15, -0.1) is 0 Å². The third-order valence-corrected chi connectivity index (χ3v) is 4.19. The molecule has 0 bridgehead atoms. The Kier molecular flexibility index (Phi) is 5.76. The van der Waals surface area contributed by atoms with Gasteiger partial charge in [-0.3, -0.25) is 9.67 Å². The van der Waals surface area contributed by atoms with E-state index in [-0.39, 0.29) is 0 Å². The van der Waals surface area contributed by atoms with Gasteiger partial charge in [0.15, 0.2) is 5.96 Å². The van der Waals surface area contributed by atoms with Crippen molar-refractivity contribution < 1.29 is 5.11 Å².